The molecule has 1 aliphatic rings. The van der Waals surface area contributed by atoms with Crippen LogP contribution in [0.15, 0.2) is 6.07 Å². The zero-order valence-electron chi connectivity index (χ0n) is 12.1. The van der Waals surface area contributed by atoms with E-state index in [0.29, 0.717) is 0 Å². The lowest BCUT2D eigenvalue weighted by Crippen LogP contribution is -2.41. The number of morpholine rings is 1. The third-order valence-electron chi connectivity index (χ3n) is 3.16. The zero-order chi connectivity index (χ0) is 13.7. The summed E-state index contributed by atoms with van der Waals surface area (Å²) < 4.78 is 5.58. The molecule has 1 aromatic heterocycles. The number of ether oxygens (including phenoxy) is 1. The predicted molar refractivity (Wildman–Crippen MR) is 77.8 cm³/mol. The van der Waals surface area contributed by atoms with Gasteiger partial charge in [-0.25, -0.2) is 9.97 Å². The lowest BCUT2D eigenvalue weighted by Gasteiger charge is -2.32. The molecule has 0 spiro atoms. The largest absolute Gasteiger partial charge is 0.375 e. The van der Waals surface area contributed by atoms with E-state index in [0.717, 1.165) is 56.5 Å². The molecule has 0 aromatic carbocycles. The normalized spacial score (nSPS) is 19.5. The quantitative estimate of drug-likeness (QED) is 0.882. The van der Waals surface area contributed by atoms with Gasteiger partial charge in [-0.1, -0.05) is 6.92 Å². The SMILES string of the molecule is CCCc1nc(NCC)cc(N2CCOC(C)C2)n1. The highest BCUT2D eigenvalue weighted by Crippen LogP contribution is 2.19. The Balaban J connectivity index is 2.21. The standard InChI is InChI=1S/C14H24N4O/c1-4-6-12-16-13(15-5-2)9-14(17-12)18-7-8-19-11(3)10-18/h9,11H,4-8,10H2,1-3H3,(H,15,16,17). The maximum absolute atomic E-state index is 5.58. The fourth-order valence-corrected chi connectivity index (χ4v) is 2.28. The molecule has 5 heteroatoms. The van der Waals surface area contributed by atoms with Crippen LogP contribution < -0.4 is 10.2 Å². The van der Waals surface area contributed by atoms with Gasteiger partial charge in [0.15, 0.2) is 0 Å². The van der Waals surface area contributed by atoms with Gasteiger partial charge in [0.1, 0.15) is 17.5 Å². The molecule has 1 N–H and O–H groups in total. The summed E-state index contributed by atoms with van der Waals surface area (Å²) >= 11 is 0. The minimum Gasteiger partial charge on any atom is -0.375 e. The predicted octanol–water partition coefficient (Wildman–Crippen LogP) is 2.09. The van der Waals surface area contributed by atoms with Gasteiger partial charge in [0.2, 0.25) is 0 Å². The van der Waals surface area contributed by atoms with Gasteiger partial charge < -0.3 is 15.0 Å². The molecule has 1 saturated heterocycles. The van der Waals surface area contributed by atoms with Crippen molar-refractivity contribution in [2.24, 2.45) is 0 Å². The molecule has 0 aliphatic carbocycles. The van der Waals surface area contributed by atoms with Crippen molar-refractivity contribution < 1.29 is 4.74 Å². The molecule has 0 amide bonds. The minimum absolute atomic E-state index is 0.265. The fourth-order valence-electron chi connectivity index (χ4n) is 2.28. The Morgan fingerprint density at radius 3 is 2.95 bits per heavy atom. The molecule has 1 atom stereocenters. The van der Waals surface area contributed by atoms with E-state index in [4.69, 9.17) is 4.74 Å². The Bertz CT molecular complexity index is 386. The number of anilines is 2. The molecule has 2 heterocycles. The van der Waals surface area contributed by atoms with Crippen LogP contribution in [0.1, 0.15) is 33.0 Å². The maximum atomic E-state index is 5.58. The molecule has 1 aromatic rings. The molecule has 0 saturated carbocycles. The Morgan fingerprint density at radius 1 is 1.42 bits per heavy atom. The third-order valence-corrected chi connectivity index (χ3v) is 3.16. The Hall–Kier alpha value is -1.36. The Labute approximate surface area is 115 Å². The Morgan fingerprint density at radius 2 is 2.26 bits per heavy atom. The van der Waals surface area contributed by atoms with Crippen molar-refractivity contribution in [1.29, 1.82) is 0 Å². The number of aryl methyl sites for hydroxylation is 1. The van der Waals surface area contributed by atoms with Crippen LogP contribution in [0.3, 0.4) is 0 Å². The smallest absolute Gasteiger partial charge is 0.134 e. The van der Waals surface area contributed by atoms with Gasteiger partial charge in [-0.3, -0.25) is 0 Å². The van der Waals surface area contributed by atoms with E-state index >= 15 is 0 Å². The molecular weight excluding hydrogens is 240 g/mol. The van der Waals surface area contributed by atoms with Crippen LogP contribution in [-0.4, -0.2) is 42.3 Å². The first-order valence-electron chi connectivity index (χ1n) is 7.21. The van der Waals surface area contributed by atoms with E-state index in [9.17, 15) is 0 Å². The molecule has 0 radical (unpaired) electrons. The molecule has 106 valence electrons. The second-order valence-corrected chi connectivity index (χ2v) is 4.94. The number of hydrogen-bond donors (Lipinski definition) is 1. The summed E-state index contributed by atoms with van der Waals surface area (Å²) in [6.07, 6.45) is 2.25. The summed E-state index contributed by atoms with van der Waals surface area (Å²) in [5.41, 5.74) is 0. The van der Waals surface area contributed by atoms with Crippen LogP contribution in [0.25, 0.3) is 0 Å². The van der Waals surface area contributed by atoms with Crippen molar-refractivity contribution in [3.05, 3.63) is 11.9 Å². The second-order valence-electron chi connectivity index (χ2n) is 4.94. The first-order chi connectivity index (χ1) is 9.22. The van der Waals surface area contributed by atoms with E-state index < -0.39 is 0 Å². The van der Waals surface area contributed by atoms with Crippen molar-refractivity contribution in [3.63, 3.8) is 0 Å². The molecule has 5 nitrogen and oxygen atoms in total. The molecule has 1 aliphatic heterocycles. The highest BCUT2D eigenvalue weighted by Gasteiger charge is 2.19. The van der Waals surface area contributed by atoms with E-state index in [-0.39, 0.29) is 6.10 Å². The highest BCUT2D eigenvalue weighted by molar-refractivity contribution is 5.49. The first-order valence-corrected chi connectivity index (χ1v) is 7.21. The maximum Gasteiger partial charge on any atom is 0.134 e. The van der Waals surface area contributed by atoms with Crippen LogP contribution >= 0.6 is 0 Å². The summed E-state index contributed by atoms with van der Waals surface area (Å²) in [4.78, 5) is 11.5. The summed E-state index contributed by atoms with van der Waals surface area (Å²) in [7, 11) is 0. The van der Waals surface area contributed by atoms with E-state index in [1.54, 1.807) is 0 Å². The summed E-state index contributed by atoms with van der Waals surface area (Å²) in [5, 5.41) is 3.29. The fraction of sp³-hybridized carbons (Fsp3) is 0.714. The van der Waals surface area contributed by atoms with Crippen LogP contribution in [0.5, 0.6) is 0 Å². The van der Waals surface area contributed by atoms with Gasteiger partial charge in [-0.05, 0) is 20.3 Å². The zero-order valence-corrected chi connectivity index (χ0v) is 12.1. The summed E-state index contributed by atoms with van der Waals surface area (Å²) in [5.74, 6) is 2.87. The van der Waals surface area contributed by atoms with Crippen LogP contribution in [0.2, 0.25) is 0 Å². The highest BCUT2D eigenvalue weighted by atomic mass is 16.5. The van der Waals surface area contributed by atoms with Crippen molar-refractivity contribution in [2.75, 3.05) is 36.5 Å². The van der Waals surface area contributed by atoms with E-state index in [2.05, 4.69) is 41.0 Å². The lowest BCUT2D eigenvalue weighted by molar-refractivity contribution is 0.0529. The van der Waals surface area contributed by atoms with Crippen LogP contribution in [0.4, 0.5) is 11.6 Å². The van der Waals surface area contributed by atoms with Gasteiger partial charge in [-0.2, -0.15) is 0 Å². The molecule has 2 rings (SSSR count). The van der Waals surface area contributed by atoms with Gasteiger partial charge in [0.05, 0.1) is 12.7 Å². The minimum atomic E-state index is 0.265. The average Bonchev–Trinajstić information content (AvgIpc) is 2.39. The number of nitrogens with zero attached hydrogens (tertiary/aromatic N) is 3. The van der Waals surface area contributed by atoms with E-state index in [1.165, 1.54) is 0 Å². The van der Waals surface area contributed by atoms with Gasteiger partial charge in [0, 0.05) is 32.1 Å². The number of aromatic nitrogens is 2. The number of nitrogens with one attached hydrogen (secondary N) is 1. The van der Waals surface area contributed by atoms with Gasteiger partial charge >= 0.3 is 0 Å². The van der Waals surface area contributed by atoms with E-state index in [1.807, 2.05) is 6.07 Å². The lowest BCUT2D eigenvalue weighted by atomic mass is 10.3. The molecule has 0 bridgehead atoms. The second kappa shape index (κ2) is 6.70. The van der Waals surface area contributed by atoms with Gasteiger partial charge in [0.25, 0.3) is 0 Å². The third kappa shape index (κ3) is 3.80. The summed E-state index contributed by atoms with van der Waals surface area (Å²) in [6, 6.07) is 2.04. The average molecular weight is 264 g/mol. The molecule has 1 unspecified atom stereocenters. The topological polar surface area (TPSA) is 50.3 Å². The molecule has 1 fully saturated rings. The Kier molecular flexibility index (Phi) is 4.96. The van der Waals surface area contributed by atoms with Crippen molar-refractivity contribution >= 4 is 11.6 Å². The molecule has 19 heavy (non-hydrogen) atoms. The van der Waals surface area contributed by atoms with Crippen molar-refractivity contribution in [3.8, 4) is 0 Å². The molecular formula is C14H24N4O. The number of hydrogen-bond acceptors (Lipinski definition) is 5. The number of rotatable bonds is 5. The van der Waals surface area contributed by atoms with Crippen LogP contribution in [-0.2, 0) is 11.2 Å². The van der Waals surface area contributed by atoms with Crippen molar-refractivity contribution in [1.82, 2.24) is 9.97 Å². The van der Waals surface area contributed by atoms with Crippen LogP contribution in [0, 0.1) is 0 Å². The monoisotopic (exact) mass is 264 g/mol. The van der Waals surface area contributed by atoms with Gasteiger partial charge in [-0.15, -0.1) is 0 Å². The van der Waals surface area contributed by atoms with Crippen molar-refractivity contribution in [2.45, 2.75) is 39.7 Å². The first kappa shape index (κ1) is 14.1. The summed E-state index contributed by atoms with van der Waals surface area (Å²) in [6.45, 7) is 9.78.